The largest absolute Gasteiger partial charge is 0.414 e. The Morgan fingerprint density at radius 3 is 2.61 bits per heavy atom. The zero-order valence-electron chi connectivity index (χ0n) is 17.1. The lowest BCUT2D eigenvalue weighted by atomic mass is 10.1. The van der Waals surface area contributed by atoms with Gasteiger partial charge in [0.25, 0.3) is 11.1 Å². The van der Waals surface area contributed by atoms with Gasteiger partial charge in [-0.3, -0.25) is 9.59 Å². The van der Waals surface area contributed by atoms with Gasteiger partial charge in [-0.15, -0.1) is 10.2 Å². The monoisotopic (exact) mass is 442 g/mol. The van der Waals surface area contributed by atoms with Crippen LogP contribution >= 0.6 is 11.8 Å². The summed E-state index contributed by atoms with van der Waals surface area (Å²) in [6, 6.07) is 13.5. The zero-order valence-corrected chi connectivity index (χ0v) is 17.9. The van der Waals surface area contributed by atoms with E-state index in [0.717, 1.165) is 36.7 Å². The van der Waals surface area contributed by atoms with Crippen molar-refractivity contribution in [2.24, 2.45) is 0 Å². The smallest absolute Gasteiger partial charge is 0.277 e. The van der Waals surface area contributed by atoms with E-state index >= 15 is 0 Å². The van der Waals surface area contributed by atoms with Gasteiger partial charge in [-0.1, -0.05) is 49.4 Å². The maximum atomic E-state index is 13.6. The van der Waals surface area contributed by atoms with Crippen molar-refractivity contribution < 1.29 is 18.4 Å². The molecule has 0 fully saturated rings. The standard InChI is InChI=1S/C22H23FN4O3S/c1-2-3-6-15-9-11-16(12-10-15)25-19(28)14-31-22-27-26-20(30-22)13-24-21(29)17-7-4-5-8-18(17)23/h4-5,7-12H,2-3,6,13-14H2,1H3,(H,24,29)(H,25,28). The van der Waals surface area contributed by atoms with E-state index in [-0.39, 0.29) is 34.9 Å². The van der Waals surface area contributed by atoms with Crippen LogP contribution in [0, 0.1) is 5.82 Å². The minimum absolute atomic E-state index is 0.0443. The van der Waals surface area contributed by atoms with E-state index in [4.69, 9.17) is 4.42 Å². The molecule has 0 aliphatic heterocycles. The van der Waals surface area contributed by atoms with Gasteiger partial charge in [0.1, 0.15) is 5.82 Å². The Bertz CT molecular complexity index is 1020. The SMILES string of the molecule is CCCCc1ccc(NC(=O)CSc2nnc(CNC(=O)c3ccccc3F)o2)cc1. The topological polar surface area (TPSA) is 97.1 Å². The molecule has 0 radical (unpaired) electrons. The van der Waals surface area contributed by atoms with Crippen molar-refractivity contribution >= 4 is 29.3 Å². The van der Waals surface area contributed by atoms with Crippen molar-refractivity contribution in [2.75, 3.05) is 11.1 Å². The molecule has 0 saturated carbocycles. The fourth-order valence-electron chi connectivity index (χ4n) is 2.72. The molecule has 9 heteroatoms. The first-order valence-electron chi connectivity index (χ1n) is 9.92. The van der Waals surface area contributed by atoms with E-state index in [1.165, 1.54) is 23.8 Å². The van der Waals surface area contributed by atoms with E-state index < -0.39 is 11.7 Å². The molecule has 0 aliphatic rings. The molecule has 0 saturated heterocycles. The van der Waals surface area contributed by atoms with Crippen molar-refractivity contribution in [2.45, 2.75) is 38.0 Å². The lowest BCUT2D eigenvalue weighted by Crippen LogP contribution is -2.23. The fraction of sp³-hybridized carbons (Fsp3) is 0.273. The van der Waals surface area contributed by atoms with Crippen LogP contribution in [0.5, 0.6) is 0 Å². The van der Waals surface area contributed by atoms with Crippen molar-refractivity contribution in [3.05, 3.63) is 71.4 Å². The molecule has 1 aromatic heterocycles. The first-order chi connectivity index (χ1) is 15.0. The van der Waals surface area contributed by atoms with E-state index in [0.29, 0.717) is 0 Å². The summed E-state index contributed by atoms with van der Waals surface area (Å²) >= 11 is 1.09. The predicted molar refractivity (Wildman–Crippen MR) is 116 cm³/mol. The zero-order chi connectivity index (χ0) is 22.1. The predicted octanol–water partition coefficient (Wildman–Crippen LogP) is 4.21. The summed E-state index contributed by atoms with van der Waals surface area (Å²) in [5.41, 5.74) is 1.91. The van der Waals surface area contributed by atoms with E-state index in [1.807, 2.05) is 24.3 Å². The second-order valence-corrected chi connectivity index (χ2v) is 7.69. The van der Waals surface area contributed by atoms with Gasteiger partial charge < -0.3 is 15.1 Å². The van der Waals surface area contributed by atoms with Crippen molar-refractivity contribution in [1.82, 2.24) is 15.5 Å². The number of amides is 2. The quantitative estimate of drug-likeness (QED) is 0.457. The number of anilines is 1. The number of nitrogens with one attached hydrogen (secondary N) is 2. The van der Waals surface area contributed by atoms with Crippen LogP contribution in [-0.4, -0.2) is 27.8 Å². The Labute approximate surface area is 183 Å². The average molecular weight is 443 g/mol. The van der Waals surface area contributed by atoms with Crippen LogP contribution < -0.4 is 10.6 Å². The number of carbonyl (C=O) groups excluding carboxylic acids is 2. The molecular formula is C22H23FN4O3S. The van der Waals surface area contributed by atoms with Gasteiger partial charge in [-0.25, -0.2) is 4.39 Å². The Kier molecular flexibility index (Phi) is 8.17. The molecule has 7 nitrogen and oxygen atoms in total. The lowest BCUT2D eigenvalue weighted by molar-refractivity contribution is -0.113. The molecule has 0 spiro atoms. The second-order valence-electron chi connectivity index (χ2n) is 6.76. The van der Waals surface area contributed by atoms with Gasteiger partial charge in [0.2, 0.25) is 11.8 Å². The highest BCUT2D eigenvalue weighted by atomic mass is 32.2. The highest BCUT2D eigenvalue weighted by Gasteiger charge is 2.14. The van der Waals surface area contributed by atoms with E-state index in [1.54, 1.807) is 6.07 Å². The van der Waals surface area contributed by atoms with Crippen LogP contribution in [0.2, 0.25) is 0 Å². The number of halogens is 1. The van der Waals surface area contributed by atoms with Crippen molar-refractivity contribution in [1.29, 1.82) is 0 Å². The third-order valence-corrected chi connectivity index (χ3v) is 5.17. The molecular weight excluding hydrogens is 419 g/mol. The summed E-state index contributed by atoms with van der Waals surface area (Å²) < 4.78 is 19.0. The Hall–Kier alpha value is -3.20. The summed E-state index contributed by atoms with van der Waals surface area (Å²) in [5.74, 6) is -1.12. The first kappa shape index (κ1) is 22.5. The van der Waals surface area contributed by atoms with Crippen LogP contribution in [-0.2, 0) is 17.8 Å². The number of carbonyl (C=O) groups is 2. The number of aryl methyl sites for hydroxylation is 1. The third-order valence-electron chi connectivity index (χ3n) is 4.35. The van der Waals surface area contributed by atoms with Gasteiger partial charge in [0, 0.05) is 5.69 Å². The van der Waals surface area contributed by atoms with Crippen LogP contribution in [0.3, 0.4) is 0 Å². The van der Waals surface area contributed by atoms with E-state index in [2.05, 4.69) is 27.8 Å². The molecule has 2 aromatic carbocycles. The lowest BCUT2D eigenvalue weighted by Gasteiger charge is -2.05. The molecule has 0 aliphatic carbocycles. The molecule has 1 heterocycles. The molecule has 0 bridgehead atoms. The molecule has 2 N–H and O–H groups in total. The molecule has 2 amide bonds. The molecule has 0 unspecified atom stereocenters. The number of hydrogen-bond donors (Lipinski definition) is 2. The molecule has 0 atom stereocenters. The van der Waals surface area contributed by atoms with Gasteiger partial charge in [-0.05, 0) is 42.7 Å². The normalized spacial score (nSPS) is 10.6. The molecule has 3 rings (SSSR count). The highest BCUT2D eigenvalue weighted by molar-refractivity contribution is 7.99. The minimum Gasteiger partial charge on any atom is -0.414 e. The van der Waals surface area contributed by atoms with Crippen molar-refractivity contribution in [3.8, 4) is 0 Å². The van der Waals surface area contributed by atoms with Crippen LogP contribution in [0.25, 0.3) is 0 Å². The molecule has 3 aromatic rings. The summed E-state index contributed by atoms with van der Waals surface area (Å²) in [5, 5.41) is 13.2. The number of nitrogens with zero attached hydrogens (tertiary/aromatic N) is 2. The second kappa shape index (κ2) is 11.3. The summed E-state index contributed by atoms with van der Waals surface area (Å²) in [7, 11) is 0. The fourth-order valence-corrected chi connectivity index (χ4v) is 3.30. The number of hydrogen-bond acceptors (Lipinski definition) is 6. The maximum absolute atomic E-state index is 13.6. The summed E-state index contributed by atoms with van der Waals surface area (Å²) in [4.78, 5) is 24.1. The first-order valence-corrected chi connectivity index (χ1v) is 10.9. The number of benzene rings is 2. The number of aromatic nitrogens is 2. The van der Waals surface area contributed by atoms with E-state index in [9.17, 15) is 14.0 Å². The van der Waals surface area contributed by atoms with Crippen LogP contribution in [0.15, 0.2) is 58.2 Å². The Balaban J connectivity index is 1.43. The minimum atomic E-state index is -0.608. The average Bonchev–Trinajstić information content (AvgIpc) is 3.24. The third kappa shape index (κ3) is 6.92. The Morgan fingerprint density at radius 2 is 1.87 bits per heavy atom. The van der Waals surface area contributed by atoms with Crippen molar-refractivity contribution in [3.63, 3.8) is 0 Å². The Morgan fingerprint density at radius 1 is 1.10 bits per heavy atom. The van der Waals surface area contributed by atoms with Gasteiger partial charge in [0.05, 0.1) is 17.9 Å². The van der Waals surface area contributed by atoms with Crippen LogP contribution in [0.4, 0.5) is 10.1 Å². The molecule has 162 valence electrons. The number of thioether (sulfide) groups is 1. The highest BCUT2D eigenvalue weighted by Crippen LogP contribution is 2.17. The number of rotatable bonds is 10. The van der Waals surface area contributed by atoms with Gasteiger partial charge in [-0.2, -0.15) is 0 Å². The maximum Gasteiger partial charge on any atom is 0.277 e. The number of unbranched alkanes of at least 4 members (excludes halogenated alkanes) is 1. The van der Waals surface area contributed by atoms with Gasteiger partial charge in [0.15, 0.2) is 0 Å². The summed E-state index contributed by atoms with van der Waals surface area (Å²) in [6.07, 6.45) is 3.31. The van der Waals surface area contributed by atoms with Gasteiger partial charge >= 0.3 is 0 Å². The molecule has 31 heavy (non-hydrogen) atoms. The summed E-state index contributed by atoms with van der Waals surface area (Å²) in [6.45, 7) is 2.11. The van der Waals surface area contributed by atoms with Crippen LogP contribution in [0.1, 0.15) is 41.6 Å².